The number of amides is 1. The van der Waals surface area contributed by atoms with Crippen molar-refractivity contribution in [2.24, 2.45) is 10.9 Å². The Morgan fingerprint density at radius 3 is 2.62 bits per heavy atom. The van der Waals surface area contributed by atoms with Gasteiger partial charge in [-0.3, -0.25) is 4.79 Å². The largest absolute Gasteiger partial charge is 0.469 e. The van der Waals surface area contributed by atoms with Crippen molar-refractivity contribution in [1.29, 1.82) is 0 Å². The van der Waals surface area contributed by atoms with Crippen LogP contribution in [0.4, 0.5) is 0 Å². The summed E-state index contributed by atoms with van der Waals surface area (Å²) >= 11 is 0. The van der Waals surface area contributed by atoms with Crippen LogP contribution in [0.5, 0.6) is 0 Å². The number of guanidine groups is 1. The predicted octanol–water partition coefficient (Wildman–Crippen LogP) is 2.13. The van der Waals surface area contributed by atoms with Crippen molar-refractivity contribution in [2.45, 2.75) is 26.7 Å². The molecule has 150 valence electrons. The van der Waals surface area contributed by atoms with Crippen LogP contribution in [-0.4, -0.2) is 63.7 Å². The Morgan fingerprint density at radius 1 is 1.27 bits per heavy atom. The van der Waals surface area contributed by atoms with Crippen LogP contribution in [0.25, 0.3) is 0 Å². The number of nitrogens with zero attached hydrogens (tertiary/aromatic N) is 2. The van der Waals surface area contributed by atoms with Gasteiger partial charge >= 0.3 is 0 Å². The zero-order valence-electron chi connectivity index (χ0n) is 16.3. The smallest absolute Gasteiger partial charge is 0.243 e. The summed E-state index contributed by atoms with van der Waals surface area (Å²) in [5.74, 6) is 2.12. The van der Waals surface area contributed by atoms with Gasteiger partial charge in [-0.15, -0.1) is 24.0 Å². The Morgan fingerprint density at radius 2 is 2.00 bits per heavy atom. The minimum Gasteiger partial charge on any atom is -0.469 e. The molecule has 0 atom stereocenters. The standard InChI is InChI=1S/C18H32N4O3.HI/c1-15(2)8-12-24-13-10-20-18(21-14-17(23)22(3)4)19-9-7-16-6-5-11-25-16;/h5-6,11,15H,7-10,12-14H2,1-4H3,(H2,19,20,21);1H. The van der Waals surface area contributed by atoms with Crippen LogP contribution >= 0.6 is 24.0 Å². The first-order valence-electron chi connectivity index (χ1n) is 8.81. The molecule has 1 rings (SSSR count). The summed E-state index contributed by atoms with van der Waals surface area (Å²) < 4.78 is 10.9. The summed E-state index contributed by atoms with van der Waals surface area (Å²) in [5, 5.41) is 6.41. The van der Waals surface area contributed by atoms with Gasteiger partial charge in [0.15, 0.2) is 5.96 Å². The molecule has 0 aliphatic rings. The number of likely N-dealkylation sites (N-methyl/N-ethyl adjacent to an activating group) is 1. The molecule has 0 saturated carbocycles. The highest BCUT2D eigenvalue weighted by molar-refractivity contribution is 14.0. The van der Waals surface area contributed by atoms with E-state index < -0.39 is 0 Å². The molecule has 0 bridgehead atoms. The molecule has 26 heavy (non-hydrogen) atoms. The van der Waals surface area contributed by atoms with Crippen LogP contribution in [0.1, 0.15) is 26.0 Å². The van der Waals surface area contributed by atoms with Crippen molar-refractivity contribution < 1.29 is 13.9 Å². The van der Waals surface area contributed by atoms with E-state index in [0.29, 0.717) is 31.6 Å². The molecule has 7 nitrogen and oxygen atoms in total. The lowest BCUT2D eigenvalue weighted by molar-refractivity contribution is -0.127. The van der Waals surface area contributed by atoms with Crippen LogP contribution in [0.15, 0.2) is 27.8 Å². The maximum absolute atomic E-state index is 11.7. The summed E-state index contributed by atoms with van der Waals surface area (Å²) in [6, 6.07) is 3.80. The topological polar surface area (TPSA) is 79.1 Å². The third-order valence-corrected chi connectivity index (χ3v) is 3.49. The maximum atomic E-state index is 11.7. The van der Waals surface area contributed by atoms with Crippen molar-refractivity contribution in [2.75, 3.05) is 46.9 Å². The number of hydrogen-bond donors (Lipinski definition) is 2. The zero-order valence-corrected chi connectivity index (χ0v) is 18.6. The molecule has 0 radical (unpaired) electrons. The van der Waals surface area contributed by atoms with Crippen molar-refractivity contribution in [3.8, 4) is 0 Å². The van der Waals surface area contributed by atoms with Crippen molar-refractivity contribution >= 4 is 35.8 Å². The van der Waals surface area contributed by atoms with Gasteiger partial charge in [0.1, 0.15) is 12.3 Å². The van der Waals surface area contributed by atoms with Gasteiger partial charge in [-0.2, -0.15) is 0 Å². The number of carbonyl (C=O) groups excluding carboxylic acids is 1. The lowest BCUT2D eigenvalue weighted by atomic mass is 10.1. The molecular weight excluding hydrogens is 447 g/mol. The highest BCUT2D eigenvalue weighted by Gasteiger charge is 2.05. The first kappa shape index (κ1) is 24.7. The van der Waals surface area contributed by atoms with Gasteiger partial charge in [0.05, 0.1) is 12.9 Å². The average molecular weight is 480 g/mol. The Kier molecular flexibility index (Phi) is 14.1. The minimum absolute atomic E-state index is 0. The molecule has 0 saturated heterocycles. The first-order chi connectivity index (χ1) is 12.0. The number of carbonyl (C=O) groups is 1. The summed E-state index contributed by atoms with van der Waals surface area (Å²) in [6.45, 7) is 7.14. The van der Waals surface area contributed by atoms with Crippen LogP contribution < -0.4 is 10.6 Å². The second-order valence-corrected chi connectivity index (χ2v) is 6.43. The van der Waals surface area contributed by atoms with E-state index in [1.165, 1.54) is 4.90 Å². The summed E-state index contributed by atoms with van der Waals surface area (Å²) in [5.41, 5.74) is 0. The van der Waals surface area contributed by atoms with Crippen molar-refractivity contribution in [1.82, 2.24) is 15.5 Å². The highest BCUT2D eigenvalue weighted by atomic mass is 127. The van der Waals surface area contributed by atoms with Crippen molar-refractivity contribution in [3.05, 3.63) is 24.2 Å². The minimum atomic E-state index is -0.0414. The Hall–Kier alpha value is -1.29. The van der Waals surface area contributed by atoms with Gasteiger partial charge in [0.2, 0.25) is 5.91 Å². The molecule has 0 aliphatic heterocycles. The van der Waals surface area contributed by atoms with Gasteiger partial charge in [-0.1, -0.05) is 13.8 Å². The molecule has 1 aromatic heterocycles. The lowest BCUT2D eigenvalue weighted by Crippen LogP contribution is -2.41. The summed E-state index contributed by atoms with van der Waals surface area (Å²) in [6.07, 6.45) is 3.47. The Labute approximate surface area is 174 Å². The number of rotatable bonds is 11. The van der Waals surface area contributed by atoms with Gasteiger partial charge < -0.3 is 24.7 Å². The van der Waals surface area contributed by atoms with E-state index >= 15 is 0 Å². The van der Waals surface area contributed by atoms with E-state index in [1.807, 2.05) is 12.1 Å². The number of aliphatic imine (C=N–C) groups is 1. The van der Waals surface area contributed by atoms with Crippen LogP contribution in [0.3, 0.4) is 0 Å². The monoisotopic (exact) mass is 480 g/mol. The highest BCUT2D eigenvalue weighted by Crippen LogP contribution is 1.99. The van der Waals surface area contributed by atoms with Crippen LogP contribution in [-0.2, 0) is 16.0 Å². The molecule has 0 unspecified atom stereocenters. The number of furan rings is 1. The normalized spacial score (nSPS) is 11.2. The third kappa shape index (κ3) is 12.1. The molecule has 1 amide bonds. The molecule has 0 aromatic carbocycles. The fourth-order valence-electron chi connectivity index (χ4n) is 1.88. The van der Waals surface area contributed by atoms with Crippen LogP contribution in [0, 0.1) is 5.92 Å². The molecule has 1 aromatic rings. The van der Waals surface area contributed by atoms with E-state index in [1.54, 1.807) is 20.4 Å². The van der Waals surface area contributed by atoms with E-state index in [4.69, 9.17) is 9.15 Å². The molecule has 8 heteroatoms. The second kappa shape index (κ2) is 14.8. The van der Waals surface area contributed by atoms with Gasteiger partial charge in [0.25, 0.3) is 0 Å². The Balaban J connectivity index is 0.00000625. The molecular formula is C18H33IN4O3. The quantitative estimate of drug-likeness (QED) is 0.220. The lowest BCUT2D eigenvalue weighted by Gasteiger charge is -2.14. The van der Waals surface area contributed by atoms with Crippen molar-refractivity contribution in [3.63, 3.8) is 0 Å². The zero-order chi connectivity index (χ0) is 18.5. The van der Waals surface area contributed by atoms with Crippen LogP contribution in [0.2, 0.25) is 0 Å². The molecule has 0 spiro atoms. The molecule has 1 heterocycles. The average Bonchev–Trinajstić information content (AvgIpc) is 3.07. The summed E-state index contributed by atoms with van der Waals surface area (Å²) in [7, 11) is 3.44. The first-order valence-corrected chi connectivity index (χ1v) is 8.81. The molecule has 0 aliphatic carbocycles. The third-order valence-electron chi connectivity index (χ3n) is 3.49. The van der Waals surface area contributed by atoms with E-state index in [2.05, 4.69) is 29.5 Å². The molecule has 2 N–H and O–H groups in total. The fourth-order valence-corrected chi connectivity index (χ4v) is 1.88. The SMILES string of the molecule is CC(C)CCOCCNC(=NCC(=O)N(C)C)NCCc1ccco1.I. The number of nitrogens with one attached hydrogen (secondary N) is 2. The number of halogens is 1. The molecule has 0 fully saturated rings. The second-order valence-electron chi connectivity index (χ2n) is 6.43. The Bertz CT molecular complexity index is 505. The maximum Gasteiger partial charge on any atom is 0.243 e. The van der Waals surface area contributed by atoms with E-state index in [-0.39, 0.29) is 36.4 Å². The van der Waals surface area contributed by atoms with Gasteiger partial charge in [-0.05, 0) is 24.5 Å². The van der Waals surface area contributed by atoms with E-state index in [9.17, 15) is 4.79 Å². The number of ether oxygens (including phenoxy) is 1. The summed E-state index contributed by atoms with van der Waals surface area (Å²) in [4.78, 5) is 17.6. The fraction of sp³-hybridized carbons (Fsp3) is 0.667. The van der Waals surface area contributed by atoms with Gasteiger partial charge in [0, 0.05) is 40.2 Å². The number of hydrogen-bond acceptors (Lipinski definition) is 4. The van der Waals surface area contributed by atoms with Gasteiger partial charge in [-0.25, -0.2) is 4.99 Å². The predicted molar refractivity (Wildman–Crippen MR) is 115 cm³/mol. The van der Waals surface area contributed by atoms with E-state index in [0.717, 1.165) is 25.2 Å².